The fourth-order valence-corrected chi connectivity index (χ4v) is 3.85. The Morgan fingerprint density at radius 3 is 2.80 bits per heavy atom. The molecule has 1 aromatic heterocycles. The highest BCUT2D eigenvalue weighted by molar-refractivity contribution is 7.99. The van der Waals surface area contributed by atoms with E-state index in [4.69, 9.17) is 0 Å². The minimum atomic E-state index is -0.469. The molecule has 1 saturated heterocycles. The maximum Gasteiger partial charge on any atom is 0.234 e. The fraction of sp³-hybridized carbons (Fsp3) is 0.429. The van der Waals surface area contributed by atoms with Crippen molar-refractivity contribution in [3.63, 3.8) is 0 Å². The number of thioether (sulfide) groups is 1. The van der Waals surface area contributed by atoms with Crippen molar-refractivity contribution in [2.75, 3.05) is 35.6 Å². The van der Waals surface area contributed by atoms with Crippen LogP contribution in [0.3, 0.4) is 0 Å². The van der Waals surface area contributed by atoms with Crippen LogP contribution in [0.25, 0.3) is 0 Å². The Bertz CT molecular complexity index is 865. The van der Waals surface area contributed by atoms with Gasteiger partial charge in [-0.05, 0) is 43.5 Å². The summed E-state index contributed by atoms with van der Waals surface area (Å²) in [6, 6.07) is 9.71. The van der Waals surface area contributed by atoms with Crippen LogP contribution in [-0.2, 0) is 9.59 Å². The van der Waals surface area contributed by atoms with Crippen LogP contribution < -0.4 is 15.5 Å². The number of halogens is 1. The quantitative estimate of drug-likeness (QED) is 0.625. The first-order chi connectivity index (χ1) is 14.6. The normalized spacial score (nSPS) is 16.2. The molecule has 0 aliphatic carbocycles. The van der Waals surface area contributed by atoms with Crippen LogP contribution in [0.1, 0.15) is 26.2 Å². The van der Waals surface area contributed by atoms with Crippen LogP contribution in [0.4, 0.5) is 15.9 Å². The maximum atomic E-state index is 13.6. The summed E-state index contributed by atoms with van der Waals surface area (Å²) in [5.41, 5.74) is 0.159. The summed E-state index contributed by atoms with van der Waals surface area (Å²) in [5.74, 6) is 0.108. The highest BCUT2D eigenvalue weighted by Gasteiger charge is 2.26. The van der Waals surface area contributed by atoms with Crippen molar-refractivity contribution in [2.24, 2.45) is 5.92 Å². The molecular weight excluding hydrogens is 405 g/mol. The summed E-state index contributed by atoms with van der Waals surface area (Å²) in [6.45, 7) is 4.20. The molecule has 1 aliphatic rings. The highest BCUT2D eigenvalue weighted by atomic mass is 32.2. The molecule has 1 aliphatic heterocycles. The van der Waals surface area contributed by atoms with Crippen molar-refractivity contribution in [3.8, 4) is 0 Å². The number of amides is 2. The molecule has 2 N–H and O–H groups in total. The van der Waals surface area contributed by atoms with Gasteiger partial charge in [0.05, 0.1) is 17.4 Å². The third kappa shape index (κ3) is 6.16. The molecule has 1 aromatic carbocycles. The minimum absolute atomic E-state index is 0.0387. The number of anilines is 2. The molecule has 9 heteroatoms. The Kier molecular flexibility index (Phi) is 8.01. The van der Waals surface area contributed by atoms with Gasteiger partial charge in [0.2, 0.25) is 11.8 Å². The number of carbonyl (C=O) groups is 2. The molecule has 0 unspecified atom stereocenters. The first-order valence-corrected chi connectivity index (χ1v) is 11.1. The Hall–Kier alpha value is -2.68. The number of piperidine rings is 1. The van der Waals surface area contributed by atoms with E-state index in [9.17, 15) is 14.0 Å². The predicted octanol–water partition coefficient (Wildman–Crippen LogP) is 3.09. The molecule has 0 bridgehead atoms. The lowest BCUT2D eigenvalue weighted by Gasteiger charge is -2.32. The molecule has 1 atom stereocenters. The van der Waals surface area contributed by atoms with Crippen LogP contribution >= 0.6 is 11.8 Å². The molecule has 2 aromatic rings. The largest absolute Gasteiger partial charge is 0.356 e. The number of nitrogens with zero attached hydrogens (tertiary/aromatic N) is 3. The van der Waals surface area contributed by atoms with Crippen LogP contribution in [0.2, 0.25) is 0 Å². The second-order valence-corrected chi connectivity index (χ2v) is 8.12. The smallest absolute Gasteiger partial charge is 0.234 e. The van der Waals surface area contributed by atoms with Gasteiger partial charge in [0, 0.05) is 19.6 Å². The lowest BCUT2D eigenvalue weighted by Crippen LogP contribution is -2.43. The Morgan fingerprint density at radius 2 is 2.07 bits per heavy atom. The third-order valence-corrected chi connectivity index (χ3v) is 5.71. The number of nitrogens with one attached hydrogen (secondary N) is 2. The molecule has 1 fully saturated rings. The number of carbonyl (C=O) groups excluding carboxylic acids is 2. The van der Waals surface area contributed by atoms with E-state index in [1.807, 2.05) is 19.1 Å². The van der Waals surface area contributed by atoms with E-state index in [0.29, 0.717) is 18.1 Å². The first-order valence-electron chi connectivity index (χ1n) is 10.1. The van der Waals surface area contributed by atoms with Gasteiger partial charge < -0.3 is 15.5 Å². The van der Waals surface area contributed by atoms with Crippen LogP contribution in [0.5, 0.6) is 0 Å². The first kappa shape index (κ1) is 22.0. The van der Waals surface area contributed by atoms with Gasteiger partial charge in [-0.25, -0.2) is 4.39 Å². The SMILES string of the molecule is CCCNC(=O)[C@H]1CCCN(c2ccc(SCC(=O)Nc3ccccc3F)nn2)C1. The lowest BCUT2D eigenvalue weighted by molar-refractivity contribution is -0.125. The fourth-order valence-electron chi connectivity index (χ4n) is 3.24. The molecule has 3 rings (SSSR count). The van der Waals surface area contributed by atoms with Crippen molar-refractivity contribution < 1.29 is 14.0 Å². The molecule has 0 radical (unpaired) electrons. The van der Waals surface area contributed by atoms with E-state index in [-0.39, 0.29) is 29.2 Å². The topological polar surface area (TPSA) is 87.2 Å². The van der Waals surface area contributed by atoms with Crippen molar-refractivity contribution in [3.05, 3.63) is 42.2 Å². The van der Waals surface area contributed by atoms with E-state index < -0.39 is 5.82 Å². The van der Waals surface area contributed by atoms with Gasteiger partial charge in [-0.2, -0.15) is 0 Å². The van der Waals surface area contributed by atoms with Crippen LogP contribution in [0.15, 0.2) is 41.4 Å². The second kappa shape index (κ2) is 10.9. The Morgan fingerprint density at radius 1 is 1.23 bits per heavy atom. The van der Waals surface area contributed by atoms with Gasteiger partial charge in [0.1, 0.15) is 10.8 Å². The molecule has 2 heterocycles. The highest BCUT2D eigenvalue weighted by Crippen LogP contribution is 2.23. The van der Waals surface area contributed by atoms with Crippen molar-refractivity contribution in [1.29, 1.82) is 0 Å². The molecule has 30 heavy (non-hydrogen) atoms. The molecule has 7 nitrogen and oxygen atoms in total. The monoisotopic (exact) mass is 431 g/mol. The van der Waals surface area contributed by atoms with Gasteiger partial charge in [-0.15, -0.1) is 10.2 Å². The summed E-state index contributed by atoms with van der Waals surface area (Å²) in [4.78, 5) is 26.4. The minimum Gasteiger partial charge on any atom is -0.356 e. The average molecular weight is 432 g/mol. The van der Waals surface area contributed by atoms with Gasteiger partial charge in [-0.3, -0.25) is 9.59 Å². The number of benzene rings is 1. The summed E-state index contributed by atoms with van der Waals surface area (Å²) < 4.78 is 13.6. The summed E-state index contributed by atoms with van der Waals surface area (Å²) in [7, 11) is 0. The molecule has 160 valence electrons. The molecule has 0 saturated carbocycles. The number of hydrogen-bond donors (Lipinski definition) is 2. The van der Waals surface area contributed by atoms with Gasteiger partial charge in [0.25, 0.3) is 0 Å². The maximum absolute atomic E-state index is 13.6. The van der Waals surface area contributed by atoms with Crippen molar-refractivity contribution >= 4 is 35.1 Å². The Labute approximate surface area is 179 Å². The van der Waals surface area contributed by atoms with Crippen LogP contribution in [0, 0.1) is 11.7 Å². The second-order valence-electron chi connectivity index (χ2n) is 7.12. The van der Waals surface area contributed by atoms with Crippen molar-refractivity contribution in [1.82, 2.24) is 15.5 Å². The summed E-state index contributed by atoms with van der Waals surface area (Å²) in [5, 5.41) is 14.6. The zero-order valence-corrected chi connectivity index (χ0v) is 17.8. The van der Waals surface area contributed by atoms with E-state index in [0.717, 1.165) is 31.6 Å². The van der Waals surface area contributed by atoms with Crippen LogP contribution in [-0.4, -0.2) is 47.4 Å². The zero-order chi connectivity index (χ0) is 21.3. The standard InChI is InChI=1S/C21H26FN5O2S/c1-2-11-23-21(29)15-6-5-12-27(13-15)18-9-10-20(26-25-18)30-14-19(28)24-17-8-4-3-7-16(17)22/h3-4,7-10,15H,2,5-6,11-14H2,1H3,(H,23,29)(H,24,28)/t15-/m0/s1. The van der Waals surface area contributed by atoms with Gasteiger partial charge in [0.15, 0.2) is 5.82 Å². The van der Waals surface area contributed by atoms with Gasteiger partial charge >= 0.3 is 0 Å². The number of para-hydroxylation sites is 1. The number of rotatable bonds is 8. The summed E-state index contributed by atoms with van der Waals surface area (Å²) >= 11 is 1.23. The average Bonchev–Trinajstić information content (AvgIpc) is 2.78. The zero-order valence-electron chi connectivity index (χ0n) is 16.9. The third-order valence-electron chi connectivity index (χ3n) is 4.79. The van der Waals surface area contributed by atoms with E-state index in [1.165, 1.54) is 23.9 Å². The molecular formula is C21H26FN5O2S. The molecule has 2 amide bonds. The van der Waals surface area contributed by atoms with E-state index in [2.05, 4.69) is 25.7 Å². The van der Waals surface area contributed by atoms with E-state index in [1.54, 1.807) is 12.1 Å². The van der Waals surface area contributed by atoms with Crippen molar-refractivity contribution in [2.45, 2.75) is 31.2 Å². The Balaban J connectivity index is 1.50. The number of aromatic nitrogens is 2. The number of hydrogen-bond acceptors (Lipinski definition) is 6. The summed E-state index contributed by atoms with van der Waals surface area (Å²) in [6.07, 6.45) is 2.73. The predicted molar refractivity (Wildman–Crippen MR) is 116 cm³/mol. The van der Waals surface area contributed by atoms with Gasteiger partial charge in [-0.1, -0.05) is 30.8 Å². The molecule has 0 spiro atoms. The lowest BCUT2D eigenvalue weighted by atomic mass is 9.97. The van der Waals surface area contributed by atoms with E-state index >= 15 is 0 Å².